The molecule has 0 unspecified atom stereocenters. The van der Waals surface area contributed by atoms with Crippen molar-refractivity contribution in [1.29, 1.82) is 0 Å². The molecule has 0 amide bonds. The Hall–Kier alpha value is -2.70. The van der Waals surface area contributed by atoms with Gasteiger partial charge < -0.3 is 9.88 Å². The number of imidazole rings is 1. The number of nitrogens with one attached hydrogen (secondary N) is 1. The topological polar surface area (TPSA) is 73.5 Å². The number of hydrogen-bond donors (Lipinski definition) is 1. The molecule has 0 saturated carbocycles. The van der Waals surface area contributed by atoms with Crippen LogP contribution in [0.1, 0.15) is 19.2 Å². The highest BCUT2D eigenvalue weighted by atomic mass is 15.3. The van der Waals surface area contributed by atoms with Crippen molar-refractivity contribution < 1.29 is 0 Å². The number of nitrogens with zero attached hydrogens (tertiary/aromatic N) is 6. The van der Waals surface area contributed by atoms with Crippen molar-refractivity contribution in [2.75, 3.05) is 5.32 Å². The molecule has 0 aliphatic heterocycles. The van der Waals surface area contributed by atoms with Gasteiger partial charge in [0, 0.05) is 25.1 Å². The number of pyridine rings is 1. The highest BCUT2D eigenvalue weighted by Gasteiger charge is 2.07. The molecule has 3 rings (SSSR count). The molecule has 0 bridgehead atoms. The first kappa shape index (κ1) is 13.3. The molecule has 0 aliphatic carbocycles. The van der Waals surface area contributed by atoms with E-state index in [2.05, 4.69) is 36.9 Å². The first-order valence-corrected chi connectivity index (χ1v) is 6.92. The SMILES string of the molecule is CCCn1ccnc1CNc1cccnc1-n1cncn1. The molecule has 3 aromatic rings. The molecule has 21 heavy (non-hydrogen) atoms. The van der Waals surface area contributed by atoms with Gasteiger partial charge in [-0.3, -0.25) is 0 Å². The fraction of sp³-hybridized carbons (Fsp3) is 0.286. The first-order valence-electron chi connectivity index (χ1n) is 6.92. The van der Waals surface area contributed by atoms with Gasteiger partial charge in [0.2, 0.25) is 0 Å². The molecule has 0 fully saturated rings. The van der Waals surface area contributed by atoms with E-state index < -0.39 is 0 Å². The van der Waals surface area contributed by atoms with Crippen molar-refractivity contribution in [3.63, 3.8) is 0 Å². The minimum atomic E-state index is 0.639. The minimum Gasteiger partial charge on any atom is -0.375 e. The summed E-state index contributed by atoms with van der Waals surface area (Å²) >= 11 is 0. The molecular formula is C14H17N7. The number of aryl methyl sites for hydroxylation is 1. The van der Waals surface area contributed by atoms with Gasteiger partial charge in [-0.25, -0.2) is 19.6 Å². The Morgan fingerprint density at radius 3 is 3.00 bits per heavy atom. The molecule has 0 aliphatic rings. The lowest BCUT2D eigenvalue weighted by Crippen LogP contribution is -2.11. The lowest BCUT2D eigenvalue weighted by Gasteiger charge is -2.11. The van der Waals surface area contributed by atoms with Gasteiger partial charge >= 0.3 is 0 Å². The van der Waals surface area contributed by atoms with Gasteiger partial charge in [-0.1, -0.05) is 6.92 Å². The predicted molar refractivity (Wildman–Crippen MR) is 79.0 cm³/mol. The van der Waals surface area contributed by atoms with Crippen LogP contribution in [0.3, 0.4) is 0 Å². The van der Waals surface area contributed by atoms with Gasteiger partial charge in [-0.15, -0.1) is 0 Å². The number of aromatic nitrogens is 6. The highest BCUT2D eigenvalue weighted by molar-refractivity contribution is 5.55. The van der Waals surface area contributed by atoms with E-state index >= 15 is 0 Å². The fourth-order valence-electron chi connectivity index (χ4n) is 2.16. The molecule has 0 saturated heterocycles. The third-order valence-corrected chi connectivity index (χ3v) is 3.13. The van der Waals surface area contributed by atoms with Crippen LogP contribution in [0.25, 0.3) is 5.82 Å². The van der Waals surface area contributed by atoms with Crippen LogP contribution in [0.5, 0.6) is 0 Å². The zero-order valence-corrected chi connectivity index (χ0v) is 11.8. The van der Waals surface area contributed by atoms with E-state index in [-0.39, 0.29) is 0 Å². The van der Waals surface area contributed by atoms with Crippen molar-refractivity contribution in [2.45, 2.75) is 26.4 Å². The molecule has 7 nitrogen and oxygen atoms in total. The molecule has 108 valence electrons. The van der Waals surface area contributed by atoms with Crippen LogP contribution in [-0.2, 0) is 13.1 Å². The summed E-state index contributed by atoms with van der Waals surface area (Å²) in [6.45, 7) is 3.77. The summed E-state index contributed by atoms with van der Waals surface area (Å²) in [7, 11) is 0. The van der Waals surface area contributed by atoms with E-state index in [0.29, 0.717) is 6.54 Å². The van der Waals surface area contributed by atoms with Crippen molar-refractivity contribution in [3.8, 4) is 5.82 Å². The summed E-state index contributed by atoms with van der Waals surface area (Å²) in [6.07, 6.45) is 9.77. The maximum Gasteiger partial charge on any atom is 0.178 e. The molecule has 0 aromatic carbocycles. The molecule has 0 radical (unpaired) electrons. The maximum atomic E-state index is 4.39. The molecule has 3 aromatic heterocycles. The van der Waals surface area contributed by atoms with Crippen LogP contribution < -0.4 is 5.32 Å². The second-order valence-electron chi connectivity index (χ2n) is 4.61. The summed E-state index contributed by atoms with van der Waals surface area (Å²) in [5.74, 6) is 1.73. The van der Waals surface area contributed by atoms with Crippen LogP contribution in [0.2, 0.25) is 0 Å². The highest BCUT2D eigenvalue weighted by Crippen LogP contribution is 2.16. The summed E-state index contributed by atoms with van der Waals surface area (Å²) in [4.78, 5) is 12.7. The van der Waals surface area contributed by atoms with Gasteiger partial charge in [0.15, 0.2) is 5.82 Å². The van der Waals surface area contributed by atoms with E-state index in [1.54, 1.807) is 17.2 Å². The second-order valence-corrected chi connectivity index (χ2v) is 4.61. The quantitative estimate of drug-likeness (QED) is 0.747. The zero-order valence-electron chi connectivity index (χ0n) is 11.8. The Balaban J connectivity index is 1.78. The third kappa shape index (κ3) is 2.91. The Morgan fingerprint density at radius 1 is 1.24 bits per heavy atom. The molecule has 7 heteroatoms. The summed E-state index contributed by atoms with van der Waals surface area (Å²) in [6, 6.07) is 3.86. The van der Waals surface area contributed by atoms with Crippen LogP contribution in [-0.4, -0.2) is 29.3 Å². The van der Waals surface area contributed by atoms with E-state index in [0.717, 1.165) is 30.3 Å². The molecular weight excluding hydrogens is 266 g/mol. The van der Waals surface area contributed by atoms with Gasteiger partial charge in [0.05, 0.1) is 12.2 Å². The summed E-state index contributed by atoms with van der Waals surface area (Å²) in [5, 5.41) is 7.49. The standard InChI is InChI=1S/C14H17N7/c1-2-7-20-8-6-16-13(20)9-18-12-4-3-5-17-14(12)21-11-15-10-19-21/h3-6,8,10-11,18H,2,7,9H2,1H3. The third-order valence-electron chi connectivity index (χ3n) is 3.13. The summed E-state index contributed by atoms with van der Waals surface area (Å²) < 4.78 is 3.79. The van der Waals surface area contributed by atoms with Crippen molar-refractivity contribution in [3.05, 3.63) is 49.2 Å². The Kier molecular flexibility index (Phi) is 3.90. The maximum absolute atomic E-state index is 4.39. The van der Waals surface area contributed by atoms with Crippen molar-refractivity contribution in [2.24, 2.45) is 0 Å². The molecule has 0 spiro atoms. The Bertz CT molecular complexity index is 687. The van der Waals surface area contributed by atoms with E-state index in [9.17, 15) is 0 Å². The molecule has 3 heterocycles. The lowest BCUT2D eigenvalue weighted by molar-refractivity contribution is 0.644. The molecule has 1 N–H and O–H groups in total. The monoisotopic (exact) mass is 283 g/mol. The predicted octanol–water partition coefficient (Wildman–Crippen LogP) is 1.88. The number of anilines is 1. The van der Waals surface area contributed by atoms with Crippen molar-refractivity contribution >= 4 is 5.69 Å². The van der Waals surface area contributed by atoms with Crippen LogP contribution in [0.15, 0.2) is 43.4 Å². The minimum absolute atomic E-state index is 0.639. The lowest BCUT2D eigenvalue weighted by atomic mass is 10.3. The number of hydrogen-bond acceptors (Lipinski definition) is 5. The van der Waals surface area contributed by atoms with Gasteiger partial charge in [-0.05, 0) is 18.6 Å². The van der Waals surface area contributed by atoms with Crippen LogP contribution in [0.4, 0.5) is 5.69 Å². The number of rotatable bonds is 6. The van der Waals surface area contributed by atoms with Gasteiger partial charge in [-0.2, -0.15) is 5.10 Å². The Morgan fingerprint density at radius 2 is 2.19 bits per heavy atom. The average Bonchev–Trinajstić information content (AvgIpc) is 3.17. The van der Waals surface area contributed by atoms with Crippen molar-refractivity contribution in [1.82, 2.24) is 29.3 Å². The van der Waals surface area contributed by atoms with E-state index in [1.807, 2.05) is 24.5 Å². The van der Waals surface area contributed by atoms with Crippen LogP contribution in [0, 0.1) is 0 Å². The molecule has 0 atom stereocenters. The van der Waals surface area contributed by atoms with Gasteiger partial charge in [0.25, 0.3) is 0 Å². The second kappa shape index (κ2) is 6.17. The Labute approximate surface area is 122 Å². The van der Waals surface area contributed by atoms with Gasteiger partial charge in [0.1, 0.15) is 18.5 Å². The first-order chi connectivity index (χ1) is 10.4. The normalized spacial score (nSPS) is 10.7. The van der Waals surface area contributed by atoms with E-state index in [4.69, 9.17) is 0 Å². The van der Waals surface area contributed by atoms with E-state index in [1.165, 1.54) is 6.33 Å². The fourth-order valence-corrected chi connectivity index (χ4v) is 2.16. The average molecular weight is 283 g/mol. The van der Waals surface area contributed by atoms with Crippen LogP contribution >= 0.6 is 0 Å². The largest absolute Gasteiger partial charge is 0.375 e. The zero-order chi connectivity index (χ0) is 14.5. The summed E-state index contributed by atoms with van der Waals surface area (Å²) in [5.41, 5.74) is 0.897. The smallest absolute Gasteiger partial charge is 0.178 e.